The highest BCUT2D eigenvalue weighted by molar-refractivity contribution is 5.50. The van der Waals surface area contributed by atoms with Crippen LogP contribution < -0.4 is 4.74 Å². The van der Waals surface area contributed by atoms with Crippen molar-refractivity contribution in [2.75, 3.05) is 0 Å². The van der Waals surface area contributed by atoms with Gasteiger partial charge in [0.2, 0.25) is 23.3 Å². The van der Waals surface area contributed by atoms with Crippen molar-refractivity contribution >= 4 is 0 Å². The van der Waals surface area contributed by atoms with Crippen molar-refractivity contribution in [3.8, 4) is 11.5 Å². The van der Waals surface area contributed by atoms with Gasteiger partial charge >= 0.3 is 47.9 Å². The summed E-state index contributed by atoms with van der Waals surface area (Å²) in [5, 5.41) is 0. The Labute approximate surface area is 237 Å². The monoisotopic (exact) mass is 750 g/mol. The number of benzene rings is 2. The van der Waals surface area contributed by atoms with Crippen molar-refractivity contribution < 1.29 is 119 Å². The third-order valence-corrected chi connectivity index (χ3v) is 5.57. The van der Waals surface area contributed by atoms with E-state index in [9.17, 15) is 114 Å². The quantitative estimate of drug-likeness (QED) is 0.148. The van der Waals surface area contributed by atoms with E-state index in [1.807, 2.05) is 0 Å². The smallest absolute Gasteiger partial charge is 0.450 e. The molecule has 2 aromatic carbocycles. The van der Waals surface area contributed by atoms with Crippen molar-refractivity contribution in [2.45, 2.75) is 47.9 Å². The Balaban J connectivity index is 3.22. The maximum atomic E-state index is 14.5. The van der Waals surface area contributed by atoms with Gasteiger partial charge in [0.1, 0.15) is 11.1 Å². The molecule has 0 aliphatic rings. The molecule has 0 aromatic heterocycles. The first-order chi connectivity index (χ1) is 20.5. The van der Waals surface area contributed by atoms with E-state index in [4.69, 9.17) is 0 Å². The lowest BCUT2D eigenvalue weighted by Crippen LogP contribution is -2.60. The van der Waals surface area contributed by atoms with Crippen molar-refractivity contribution in [2.24, 2.45) is 0 Å². The Kier molecular flexibility index (Phi) is 9.25. The molecule has 0 spiro atoms. The lowest BCUT2D eigenvalue weighted by Gasteiger charge is -2.35. The molecule has 27 heteroatoms. The van der Waals surface area contributed by atoms with E-state index in [-0.39, 0.29) is 0 Å². The van der Waals surface area contributed by atoms with Gasteiger partial charge in [0, 0.05) is 0 Å². The average Bonchev–Trinajstić information content (AvgIpc) is 2.90. The van der Waals surface area contributed by atoms with Gasteiger partial charge in [-0.25, -0.2) is 26.3 Å². The van der Waals surface area contributed by atoms with E-state index in [2.05, 4.69) is 4.74 Å². The van der Waals surface area contributed by atoms with E-state index < -0.39 is 117 Å². The molecular formula is C20F26O. The number of ether oxygens (including phenoxy) is 1. The average molecular weight is 750 g/mol. The highest BCUT2D eigenvalue weighted by atomic mass is 19.4. The van der Waals surface area contributed by atoms with Crippen molar-refractivity contribution in [3.63, 3.8) is 0 Å². The summed E-state index contributed by atoms with van der Waals surface area (Å²) < 4.78 is 357. The third-order valence-electron chi connectivity index (χ3n) is 5.57. The van der Waals surface area contributed by atoms with Gasteiger partial charge in [0.15, 0.2) is 34.8 Å². The Morgan fingerprint density at radius 1 is 0.277 bits per heavy atom. The first kappa shape index (κ1) is 39.6. The zero-order valence-corrected chi connectivity index (χ0v) is 20.2. The van der Waals surface area contributed by atoms with Gasteiger partial charge in [0.25, 0.3) is 0 Å². The minimum Gasteiger partial charge on any atom is -0.450 e. The van der Waals surface area contributed by atoms with Crippen molar-refractivity contribution in [1.29, 1.82) is 0 Å². The lowest BCUT2D eigenvalue weighted by atomic mass is 9.94. The summed E-state index contributed by atoms with van der Waals surface area (Å²) >= 11 is 0. The zero-order valence-electron chi connectivity index (χ0n) is 20.2. The first-order valence-corrected chi connectivity index (χ1v) is 10.3. The fourth-order valence-corrected chi connectivity index (χ4v) is 3.14. The molecule has 0 unspecified atom stereocenters. The second-order valence-electron chi connectivity index (χ2n) is 8.46. The van der Waals surface area contributed by atoms with Gasteiger partial charge in [-0.05, 0) is 0 Å². The maximum Gasteiger partial charge on any atom is 0.460 e. The largest absolute Gasteiger partial charge is 0.460 e. The lowest BCUT2D eigenvalue weighted by molar-refractivity contribution is -0.400. The predicted molar refractivity (Wildman–Crippen MR) is 92.3 cm³/mol. The van der Waals surface area contributed by atoms with E-state index in [0.717, 1.165) is 0 Å². The molecule has 2 aromatic rings. The fourth-order valence-electron chi connectivity index (χ4n) is 3.14. The summed E-state index contributed by atoms with van der Waals surface area (Å²) in [7, 11) is 0. The second kappa shape index (κ2) is 11.0. The fraction of sp³-hybridized carbons (Fsp3) is 0.400. The summed E-state index contributed by atoms with van der Waals surface area (Å²) in [5.74, 6) is -90.1. The van der Waals surface area contributed by atoms with Gasteiger partial charge in [-0.1, -0.05) is 0 Å². The zero-order chi connectivity index (χ0) is 37.6. The Bertz CT molecular complexity index is 1450. The van der Waals surface area contributed by atoms with Crippen LogP contribution >= 0.6 is 0 Å². The third kappa shape index (κ3) is 5.29. The number of alkyl halides is 18. The van der Waals surface area contributed by atoms with Gasteiger partial charge in [-0.15, -0.1) is 0 Å². The molecule has 47 heavy (non-hydrogen) atoms. The van der Waals surface area contributed by atoms with Crippen LogP contribution in [-0.2, 0) is 11.8 Å². The van der Waals surface area contributed by atoms with E-state index in [0.29, 0.717) is 0 Å². The van der Waals surface area contributed by atoms with Crippen LogP contribution in [0.25, 0.3) is 0 Å². The Hall–Kier alpha value is -3.58. The number of rotatable bonds is 8. The van der Waals surface area contributed by atoms with Gasteiger partial charge in [0.05, 0.1) is 0 Å². The first-order valence-electron chi connectivity index (χ1n) is 10.3. The molecule has 0 amide bonds. The Morgan fingerprint density at radius 2 is 0.489 bits per heavy atom. The summed E-state index contributed by atoms with van der Waals surface area (Å²) in [6.45, 7) is 0. The van der Waals surface area contributed by atoms with E-state index >= 15 is 0 Å². The summed E-state index contributed by atoms with van der Waals surface area (Å²) in [6, 6.07) is 0. The van der Waals surface area contributed by atoms with Crippen LogP contribution in [0, 0.1) is 46.5 Å². The summed E-state index contributed by atoms with van der Waals surface area (Å²) in [5.41, 5.74) is -9.26. The molecule has 0 aliphatic carbocycles. The highest BCUT2D eigenvalue weighted by Gasteiger charge is 2.84. The van der Waals surface area contributed by atoms with Gasteiger partial charge in [-0.3, -0.25) is 0 Å². The highest BCUT2D eigenvalue weighted by Crippen LogP contribution is 2.61. The standard InChI is InChI=1S/C20F26O/c21-3-1(13(29,30)15(33,34)17(37,38)19(41,42)43)11(9(27)7(25)5(3)23)47-12-2(4(22)6(24)8(26)10(12)28)14(31,32)16(35,36)18(39,40)20(44,45)46. The maximum absolute atomic E-state index is 14.5. The normalized spacial score (nSPS) is 14.6. The van der Waals surface area contributed by atoms with E-state index in [1.165, 1.54) is 0 Å². The van der Waals surface area contributed by atoms with Crippen LogP contribution in [0.15, 0.2) is 0 Å². The molecular weight excluding hydrogens is 750 g/mol. The second-order valence-corrected chi connectivity index (χ2v) is 8.46. The molecule has 0 N–H and O–H groups in total. The molecule has 0 saturated carbocycles. The van der Waals surface area contributed by atoms with Crippen LogP contribution in [-0.4, -0.2) is 36.0 Å². The summed E-state index contributed by atoms with van der Waals surface area (Å²) in [4.78, 5) is 0. The number of halogens is 26. The molecule has 0 saturated heterocycles. The molecule has 0 aliphatic heterocycles. The number of hydrogen-bond acceptors (Lipinski definition) is 1. The van der Waals surface area contributed by atoms with Crippen LogP contribution in [0.1, 0.15) is 11.1 Å². The topological polar surface area (TPSA) is 9.23 Å². The molecule has 2 rings (SSSR count). The minimum absolute atomic E-state index is 2.97. The van der Waals surface area contributed by atoms with Gasteiger partial charge < -0.3 is 4.74 Å². The Morgan fingerprint density at radius 3 is 0.702 bits per heavy atom. The predicted octanol–water partition coefficient (Wildman–Crippen LogP) is 10.4. The van der Waals surface area contributed by atoms with Crippen LogP contribution in [0.2, 0.25) is 0 Å². The van der Waals surface area contributed by atoms with Crippen LogP contribution in [0.5, 0.6) is 11.5 Å². The number of hydrogen-bond donors (Lipinski definition) is 0. The molecule has 0 radical (unpaired) electrons. The molecule has 0 heterocycles. The van der Waals surface area contributed by atoms with Crippen molar-refractivity contribution in [3.05, 3.63) is 57.7 Å². The van der Waals surface area contributed by atoms with Gasteiger partial charge in [-0.2, -0.15) is 87.8 Å². The van der Waals surface area contributed by atoms with Crippen LogP contribution in [0.3, 0.4) is 0 Å². The molecule has 0 atom stereocenters. The van der Waals surface area contributed by atoms with Crippen molar-refractivity contribution in [1.82, 2.24) is 0 Å². The minimum atomic E-state index is -8.35. The molecule has 1 nitrogen and oxygen atoms in total. The molecule has 0 bridgehead atoms. The molecule has 0 fully saturated rings. The molecule has 268 valence electrons. The summed E-state index contributed by atoms with van der Waals surface area (Å²) in [6.07, 6.45) is -15.8. The van der Waals surface area contributed by atoms with E-state index in [1.54, 1.807) is 0 Å². The van der Waals surface area contributed by atoms with Crippen LogP contribution in [0.4, 0.5) is 114 Å². The SMILES string of the molecule is Fc1c(F)c(F)c(C(F)(F)C(F)(F)C(F)(F)C(F)(F)F)c(Oc2c(F)c(F)c(F)c(F)c2C(F)(F)C(F)(F)C(F)(F)C(F)(F)F)c1F.